The van der Waals surface area contributed by atoms with Crippen LogP contribution in [0.15, 0.2) is 71.5 Å². The molecule has 0 unspecified atom stereocenters. The van der Waals surface area contributed by atoms with Crippen LogP contribution in [0.1, 0.15) is 34.0 Å². The van der Waals surface area contributed by atoms with Crippen LogP contribution in [0.3, 0.4) is 0 Å². The molecule has 6 heteroatoms. The zero-order valence-electron chi connectivity index (χ0n) is 20.4. The Hall–Kier alpha value is -3.48. The number of rotatable bonds is 5. The van der Waals surface area contributed by atoms with Crippen molar-refractivity contribution >= 4 is 18.1 Å². The molecule has 1 fully saturated rings. The van der Waals surface area contributed by atoms with Crippen LogP contribution in [0, 0.1) is 11.8 Å². The van der Waals surface area contributed by atoms with E-state index in [1.165, 1.54) is 11.1 Å². The van der Waals surface area contributed by atoms with E-state index in [-0.39, 0.29) is 42.1 Å². The van der Waals surface area contributed by atoms with E-state index in [0.717, 1.165) is 24.1 Å². The van der Waals surface area contributed by atoms with Gasteiger partial charge >= 0.3 is 0 Å². The van der Waals surface area contributed by atoms with Crippen molar-refractivity contribution in [3.05, 3.63) is 105 Å². The Labute approximate surface area is 210 Å². The average molecular weight is 482 g/mol. The summed E-state index contributed by atoms with van der Waals surface area (Å²) < 4.78 is 1.82. The molecule has 2 aliphatic heterocycles. The lowest BCUT2D eigenvalue weighted by Crippen LogP contribution is -2.45. The molecule has 3 heterocycles. The van der Waals surface area contributed by atoms with E-state index >= 15 is 0 Å². The monoisotopic (exact) mass is 481 g/mol. The highest BCUT2D eigenvalue weighted by Gasteiger charge is 2.54. The summed E-state index contributed by atoms with van der Waals surface area (Å²) in [6.45, 7) is 0.385. The number of nitrogens with one attached hydrogen (secondary N) is 1. The molecule has 0 saturated carbocycles. The number of hydrogen-bond donors (Lipinski definition) is 2. The van der Waals surface area contributed by atoms with Crippen molar-refractivity contribution in [1.82, 2.24) is 14.8 Å². The Bertz CT molecular complexity index is 1350. The Morgan fingerprint density at radius 2 is 1.69 bits per heavy atom. The third kappa shape index (κ3) is 3.81. The third-order valence-electron chi connectivity index (χ3n) is 8.33. The van der Waals surface area contributed by atoms with Gasteiger partial charge in [0.15, 0.2) is 0 Å². The smallest absolute Gasteiger partial charge is 0.258 e. The van der Waals surface area contributed by atoms with Crippen molar-refractivity contribution in [3.63, 3.8) is 0 Å². The first kappa shape index (κ1) is 23.0. The van der Waals surface area contributed by atoms with Gasteiger partial charge in [-0.25, -0.2) is 0 Å². The maximum absolute atomic E-state index is 13.7. The molecule has 3 aliphatic rings. The molecule has 2 aromatic carbocycles. The molecule has 1 amide bonds. The van der Waals surface area contributed by atoms with Crippen molar-refractivity contribution in [2.75, 3.05) is 13.7 Å². The number of nitrogens with zero attached hydrogens (tertiary/aromatic N) is 2. The average Bonchev–Trinajstić information content (AvgIpc) is 3.37. The maximum Gasteiger partial charge on any atom is 0.258 e. The van der Waals surface area contributed by atoms with Crippen molar-refractivity contribution in [2.45, 2.75) is 37.5 Å². The molecular weight excluding hydrogens is 450 g/mol. The summed E-state index contributed by atoms with van der Waals surface area (Å²) in [7, 11) is 2.01. The Kier molecular flexibility index (Phi) is 5.86. The summed E-state index contributed by atoms with van der Waals surface area (Å²) in [5.74, 6) is -0.667. The van der Waals surface area contributed by atoms with Gasteiger partial charge < -0.3 is 15.0 Å². The number of benzene rings is 2. The van der Waals surface area contributed by atoms with Crippen LogP contribution in [-0.2, 0) is 24.2 Å². The molecule has 4 atom stereocenters. The summed E-state index contributed by atoms with van der Waals surface area (Å²) in [6.07, 6.45) is 5.46. The fourth-order valence-corrected chi connectivity index (χ4v) is 6.54. The van der Waals surface area contributed by atoms with Gasteiger partial charge in [-0.15, -0.1) is 0 Å². The van der Waals surface area contributed by atoms with Crippen molar-refractivity contribution < 1.29 is 9.90 Å². The van der Waals surface area contributed by atoms with Gasteiger partial charge in [-0.3, -0.25) is 14.5 Å². The van der Waals surface area contributed by atoms with Crippen LogP contribution < -0.4 is 10.9 Å². The highest BCUT2D eigenvalue weighted by Crippen LogP contribution is 2.47. The number of fused-ring (bicyclic) bond motifs is 5. The minimum absolute atomic E-state index is 0.0276. The quantitative estimate of drug-likeness (QED) is 0.588. The number of aromatic nitrogens is 1. The molecule has 3 aromatic rings. The van der Waals surface area contributed by atoms with Gasteiger partial charge in [0, 0.05) is 42.4 Å². The Morgan fingerprint density at radius 1 is 1.00 bits per heavy atom. The minimum atomic E-state index is -0.410. The van der Waals surface area contributed by atoms with E-state index in [1.54, 1.807) is 0 Å². The molecule has 2 bridgehead atoms. The van der Waals surface area contributed by atoms with E-state index in [4.69, 9.17) is 0 Å². The predicted molar refractivity (Wildman–Crippen MR) is 140 cm³/mol. The number of amides is 1. The third-order valence-corrected chi connectivity index (χ3v) is 8.33. The first-order valence-electron chi connectivity index (χ1n) is 12.7. The summed E-state index contributed by atoms with van der Waals surface area (Å²) in [4.78, 5) is 29.3. The lowest BCUT2D eigenvalue weighted by molar-refractivity contribution is -0.128. The minimum Gasteiger partial charge on any atom is -0.396 e. The van der Waals surface area contributed by atoms with Crippen LogP contribution in [0.5, 0.6) is 0 Å². The number of hydrogen-bond acceptors (Lipinski definition) is 4. The van der Waals surface area contributed by atoms with Gasteiger partial charge in [-0.1, -0.05) is 60.7 Å². The SMILES string of the molecule is CN1[C@@H]2c3ccc(C=Cc4ccccc4)c(=O)n3C[C@H]1[C@H](CO)[C@H]2C(=O)NC1Cc2ccccc2C1. The number of likely N-dealkylation sites (N-methyl/N-ethyl adjacent to an activating group) is 1. The molecule has 184 valence electrons. The highest BCUT2D eigenvalue weighted by molar-refractivity contribution is 5.81. The highest BCUT2D eigenvalue weighted by atomic mass is 16.3. The van der Waals surface area contributed by atoms with Crippen LogP contribution in [0.4, 0.5) is 0 Å². The second-order valence-electron chi connectivity index (χ2n) is 10.3. The van der Waals surface area contributed by atoms with Crippen molar-refractivity contribution in [3.8, 4) is 0 Å². The number of aliphatic hydroxyl groups excluding tert-OH is 1. The number of carbonyl (C=O) groups is 1. The standard InChI is InChI=1S/C30H31N3O3/c1-32-26-17-33-25(14-13-20(30(33)36)12-11-19-7-3-2-4-8-19)28(32)27(24(26)18-34)29(35)31-23-15-21-9-5-6-10-22(21)16-23/h2-14,23-24,26-28,34H,15-18H2,1H3,(H,31,35)/t24-,26-,27+,28+/m0/s1. The van der Waals surface area contributed by atoms with E-state index in [1.807, 2.05) is 78.4 Å². The molecular formula is C30H31N3O3. The fraction of sp³-hybridized carbons (Fsp3) is 0.333. The molecule has 2 N–H and O–H groups in total. The lowest BCUT2D eigenvalue weighted by Gasteiger charge is -2.35. The van der Waals surface area contributed by atoms with Crippen molar-refractivity contribution in [2.24, 2.45) is 11.8 Å². The van der Waals surface area contributed by atoms with Crippen LogP contribution in [0.25, 0.3) is 12.2 Å². The van der Waals surface area contributed by atoms with E-state index in [2.05, 4.69) is 22.3 Å². The molecule has 0 radical (unpaired) electrons. The van der Waals surface area contributed by atoms with E-state index in [0.29, 0.717) is 12.1 Å². The number of aliphatic hydroxyl groups is 1. The van der Waals surface area contributed by atoms with Gasteiger partial charge in [-0.05, 0) is 54.8 Å². The van der Waals surface area contributed by atoms with Gasteiger partial charge in [-0.2, -0.15) is 0 Å². The Morgan fingerprint density at radius 3 is 2.39 bits per heavy atom. The van der Waals surface area contributed by atoms with Crippen molar-refractivity contribution in [1.29, 1.82) is 0 Å². The van der Waals surface area contributed by atoms with Gasteiger partial charge in [0.25, 0.3) is 5.56 Å². The van der Waals surface area contributed by atoms with Gasteiger partial charge in [0.1, 0.15) is 0 Å². The summed E-state index contributed by atoms with van der Waals surface area (Å²) in [5.41, 5.74) is 5.03. The lowest BCUT2D eigenvalue weighted by atomic mass is 9.86. The fourth-order valence-electron chi connectivity index (χ4n) is 6.54. The number of pyridine rings is 1. The molecule has 1 saturated heterocycles. The van der Waals surface area contributed by atoms with Crippen LogP contribution in [0.2, 0.25) is 0 Å². The maximum atomic E-state index is 13.7. The molecule has 6 rings (SSSR count). The van der Waals surface area contributed by atoms with Gasteiger partial charge in [0.05, 0.1) is 12.0 Å². The van der Waals surface area contributed by atoms with E-state index < -0.39 is 5.92 Å². The second-order valence-corrected chi connectivity index (χ2v) is 10.3. The zero-order valence-corrected chi connectivity index (χ0v) is 20.4. The summed E-state index contributed by atoms with van der Waals surface area (Å²) >= 11 is 0. The molecule has 6 nitrogen and oxygen atoms in total. The molecule has 0 spiro atoms. The first-order valence-corrected chi connectivity index (χ1v) is 12.7. The molecule has 1 aliphatic carbocycles. The zero-order chi connectivity index (χ0) is 24.8. The summed E-state index contributed by atoms with van der Waals surface area (Å²) in [5, 5.41) is 13.6. The number of carbonyl (C=O) groups excluding carboxylic acids is 1. The summed E-state index contributed by atoms with van der Waals surface area (Å²) in [6, 6.07) is 21.8. The molecule has 36 heavy (non-hydrogen) atoms. The van der Waals surface area contributed by atoms with Crippen LogP contribution in [-0.4, -0.2) is 46.2 Å². The topological polar surface area (TPSA) is 74.6 Å². The van der Waals surface area contributed by atoms with Gasteiger partial charge in [0.2, 0.25) is 5.91 Å². The normalized spacial score (nSPS) is 25.2. The largest absolute Gasteiger partial charge is 0.396 e. The van der Waals surface area contributed by atoms with E-state index in [9.17, 15) is 14.7 Å². The predicted octanol–water partition coefficient (Wildman–Crippen LogP) is 2.90. The molecule has 1 aromatic heterocycles. The second kappa shape index (κ2) is 9.19. The first-order chi connectivity index (χ1) is 17.5. The van der Waals surface area contributed by atoms with Crippen LogP contribution >= 0.6 is 0 Å². The Balaban J connectivity index is 1.28.